The fourth-order valence-electron chi connectivity index (χ4n) is 1.25. The molecule has 0 aromatic rings. The van der Waals surface area contributed by atoms with E-state index in [1.54, 1.807) is 6.92 Å². The van der Waals surface area contributed by atoms with Crippen molar-refractivity contribution in [1.82, 2.24) is 4.90 Å². The van der Waals surface area contributed by atoms with E-state index < -0.39 is 36.2 Å². The normalized spacial score (nSPS) is 15.0. The molecule has 19 heavy (non-hydrogen) atoms. The molecule has 0 fully saturated rings. The van der Waals surface area contributed by atoms with Crippen molar-refractivity contribution in [2.75, 3.05) is 13.2 Å². The van der Waals surface area contributed by atoms with Crippen molar-refractivity contribution in [3.05, 3.63) is 0 Å². The van der Waals surface area contributed by atoms with Gasteiger partial charge in [0.25, 0.3) is 5.91 Å². The molecule has 112 valence electrons. The van der Waals surface area contributed by atoms with Crippen molar-refractivity contribution < 1.29 is 27.5 Å². The number of nitrogens with zero attached hydrogens (tertiary/aromatic N) is 1. The van der Waals surface area contributed by atoms with Gasteiger partial charge >= 0.3 is 12.1 Å². The number of carbonyl (C=O) groups is 2. The lowest BCUT2D eigenvalue weighted by Gasteiger charge is -2.34. The molecule has 0 aromatic carbocycles. The Bertz CT molecular complexity index is 341. The molecule has 0 spiro atoms. The number of amides is 1. The van der Waals surface area contributed by atoms with Crippen molar-refractivity contribution in [3.63, 3.8) is 0 Å². The average Bonchev–Trinajstić information content (AvgIpc) is 2.23. The van der Waals surface area contributed by atoms with Crippen LogP contribution in [0.5, 0.6) is 0 Å². The van der Waals surface area contributed by atoms with Gasteiger partial charge in [-0.05, 0) is 27.7 Å². The van der Waals surface area contributed by atoms with Gasteiger partial charge < -0.3 is 15.4 Å². The van der Waals surface area contributed by atoms with E-state index >= 15 is 0 Å². The number of alkyl halides is 3. The minimum absolute atomic E-state index is 0.0815. The number of hydrogen-bond acceptors (Lipinski definition) is 4. The second kappa shape index (κ2) is 6.23. The number of esters is 1. The molecule has 0 aliphatic rings. The summed E-state index contributed by atoms with van der Waals surface area (Å²) in [6, 6.07) is -0.609. The first-order chi connectivity index (χ1) is 8.45. The number of rotatable bonds is 5. The minimum Gasteiger partial charge on any atom is -0.465 e. The van der Waals surface area contributed by atoms with Gasteiger partial charge in [0.05, 0.1) is 6.61 Å². The molecular formula is C11H19F3N2O3. The summed E-state index contributed by atoms with van der Waals surface area (Å²) in [4.78, 5) is 23.9. The summed E-state index contributed by atoms with van der Waals surface area (Å²) in [6.07, 6.45) is -4.90. The molecule has 0 aliphatic carbocycles. The third kappa shape index (κ3) is 4.38. The predicted molar refractivity (Wildman–Crippen MR) is 62.1 cm³/mol. The molecule has 0 bridgehead atoms. The van der Waals surface area contributed by atoms with E-state index in [0.29, 0.717) is 6.92 Å². The highest BCUT2D eigenvalue weighted by Crippen LogP contribution is 2.30. The Morgan fingerprint density at radius 3 is 2.11 bits per heavy atom. The maximum absolute atomic E-state index is 12.7. The van der Waals surface area contributed by atoms with Crippen molar-refractivity contribution >= 4 is 11.9 Å². The molecule has 0 heterocycles. The predicted octanol–water partition coefficient (Wildman–Crippen LogP) is 1.07. The molecule has 0 radical (unpaired) electrons. The molecule has 0 aliphatic heterocycles. The molecule has 5 nitrogen and oxygen atoms in total. The van der Waals surface area contributed by atoms with Gasteiger partial charge in [-0.2, -0.15) is 13.2 Å². The quantitative estimate of drug-likeness (QED) is 0.766. The van der Waals surface area contributed by atoms with Gasteiger partial charge in [-0.25, -0.2) is 0 Å². The van der Waals surface area contributed by atoms with Gasteiger partial charge in [-0.3, -0.25) is 9.59 Å². The van der Waals surface area contributed by atoms with E-state index in [9.17, 15) is 22.8 Å². The van der Waals surface area contributed by atoms with E-state index in [1.807, 2.05) is 0 Å². The Morgan fingerprint density at radius 2 is 1.79 bits per heavy atom. The topological polar surface area (TPSA) is 72.6 Å². The first kappa shape index (κ1) is 17.7. The minimum atomic E-state index is -4.90. The summed E-state index contributed by atoms with van der Waals surface area (Å²) >= 11 is 0. The van der Waals surface area contributed by atoms with Gasteiger partial charge in [0.1, 0.15) is 6.54 Å². The fraction of sp³-hybridized carbons (Fsp3) is 0.818. The third-order valence-electron chi connectivity index (χ3n) is 2.52. The maximum atomic E-state index is 12.7. The Hall–Kier alpha value is -1.31. The lowest BCUT2D eigenvalue weighted by molar-refractivity contribution is -0.195. The summed E-state index contributed by atoms with van der Waals surface area (Å²) < 4.78 is 42.7. The van der Waals surface area contributed by atoms with Crippen LogP contribution in [0.25, 0.3) is 0 Å². The second-order valence-corrected chi connectivity index (χ2v) is 4.53. The first-order valence-electron chi connectivity index (χ1n) is 5.77. The molecule has 1 unspecified atom stereocenters. The van der Waals surface area contributed by atoms with E-state index in [-0.39, 0.29) is 6.61 Å². The Balaban J connectivity index is 5.11. The van der Waals surface area contributed by atoms with Crippen LogP contribution in [-0.2, 0) is 14.3 Å². The maximum Gasteiger partial charge on any atom is 0.415 e. The van der Waals surface area contributed by atoms with E-state index in [1.165, 1.54) is 13.8 Å². The van der Waals surface area contributed by atoms with Gasteiger partial charge in [-0.1, -0.05) is 0 Å². The van der Waals surface area contributed by atoms with E-state index in [4.69, 9.17) is 5.73 Å². The highest BCUT2D eigenvalue weighted by atomic mass is 19.4. The zero-order valence-electron chi connectivity index (χ0n) is 11.4. The first-order valence-corrected chi connectivity index (χ1v) is 5.77. The van der Waals surface area contributed by atoms with Crippen LogP contribution < -0.4 is 5.73 Å². The van der Waals surface area contributed by atoms with Crippen molar-refractivity contribution in [1.29, 1.82) is 0 Å². The number of hydrogen-bond donors (Lipinski definition) is 1. The fourth-order valence-corrected chi connectivity index (χ4v) is 1.25. The third-order valence-corrected chi connectivity index (χ3v) is 2.52. The smallest absolute Gasteiger partial charge is 0.415 e. The van der Waals surface area contributed by atoms with Gasteiger partial charge in [0.2, 0.25) is 0 Å². The number of carbonyl (C=O) groups excluding carboxylic acids is 2. The lowest BCUT2D eigenvalue weighted by atomic mass is 10.0. The SMILES string of the molecule is CCOC(=O)CN(C(=O)C(C)(N)C(F)(F)F)C(C)C. The van der Waals surface area contributed by atoms with Crippen molar-refractivity contribution in [2.24, 2.45) is 5.73 Å². The molecule has 0 saturated carbocycles. The number of ether oxygens (including phenoxy) is 1. The zero-order valence-corrected chi connectivity index (χ0v) is 11.4. The molecular weight excluding hydrogens is 265 g/mol. The standard InChI is InChI=1S/C11H19F3N2O3/c1-5-19-8(17)6-16(7(2)3)9(18)10(4,15)11(12,13)14/h7H,5-6,15H2,1-4H3. The molecule has 0 aromatic heterocycles. The molecule has 8 heteroatoms. The van der Waals surface area contributed by atoms with Crippen LogP contribution in [0.15, 0.2) is 0 Å². The van der Waals surface area contributed by atoms with Crippen LogP contribution in [-0.4, -0.2) is 47.7 Å². The monoisotopic (exact) mass is 284 g/mol. The van der Waals surface area contributed by atoms with Crippen LogP contribution in [0.1, 0.15) is 27.7 Å². The summed E-state index contributed by atoms with van der Waals surface area (Å²) in [7, 11) is 0. The molecule has 1 amide bonds. The van der Waals surface area contributed by atoms with Gasteiger partial charge in [-0.15, -0.1) is 0 Å². The average molecular weight is 284 g/mol. The van der Waals surface area contributed by atoms with Crippen LogP contribution in [0.4, 0.5) is 13.2 Å². The summed E-state index contributed by atoms with van der Waals surface area (Å²) in [5, 5.41) is 0. The summed E-state index contributed by atoms with van der Waals surface area (Å²) in [5.74, 6) is -2.13. The van der Waals surface area contributed by atoms with Gasteiger partial charge in [0.15, 0.2) is 5.54 Å². The van der Waals surface area contributed by atoms with Crippen molar-refractivity contribution in [3.8, 4) is 0 Å². The van der Waals surface area contributed by atoms with Gasteiger partial charge in [0, 0.05) is 6.04 Å². The largest absolute Gasteiger partial charge is 0.465 e. The Morgan fingerprint density at radius 1 is 1.32 bits per heavy atom. The highest BCUT2D eigenvalue weighted by molar-refractivity contribution is 5.89. The van der Waals surface area contributed by atoms with Crippen LogP contribution in [0.2, 0.25) is 0 Å². The molecule has 0 rings (SSSR count). The van der Waals surface area contributed by atoms with Crippen LogP contribution in [0, 0.1) is 0 Å². The Labute approximate surface area is 109 Å². The van der Waals surface area contributed by atoms with Crippen LogP contribution in [0.3, 0.4) is 0 Å². The van der Waals surface area contributed by atoms with Crippen molar-refractivity contribution in [2.45, 2.75) is 45.5 Å². The molecule has 0 saturated heterocycles. The Kier molecular flexibility index (Phi) is 5.80. The second-order valence-electron chi connectivity index (χ2n) is 4.53. The number of nitrogens with two attached hydrogens (primary N) is 1. The molecule has 1 atom stereocenters. The highest BCUT2D eigenvalue weighted by Gasteiger charge is 2.55. The lowest BCUT2D eigenvalue weighted by Crippen LogP contribution is -2.63. The van der Waals surface area contributed by atoms with Crippen LogP contribution >= 0.6 is 0 Å². The summed E-state index contributed by atoms with van der Waals surface area (Å²) in [6.45, 7) is 4.64. The summed E-state index contributed by atoms with van der Waals surface area (Å²) in [5.41, 5.74) is 2.02. The number of halogens is 3. The van der Waals surface area contributed by atoms with E-state index in [0.717, 1.165) is 4.90 Å². The molecule has 2 N–H and O–H groups in total. The zero-order chi connectivity index (χ0) is 15.4. The van der Waals surface area contributed by atoms with E-state index in [2.05, 4.69) is 4.74 Å².